The number of sulfonamides is 1. The lowest BCUT2D eigenvalue weighted by Gasteiger charge is -2.21. The predicted molar refractivity (Wildman–Crippen MR) is 86.3 cm³/mol. The van der Waals surface area contributed by atoms with Gasteiger partial charge in [-0.2, -0.15) is 0 Å². The van der Waals surface area contributed by atoms with Crippen LogP contribution in [0.3, 0.4) is 0 Å². The number of hydrogen-bond acceptors (Lipinski definition) is 4. The molecule has 0 unspecified atom stereocenters. The Labute approximate surface area is 125 Å². The highest BCUT2D eigenvalue weighted by molar-refractivity contribution is 7.89. The van der Waals surface area contributed by atoms with Crippen molar-refractivity contribution >= 4 is 27.1 Å². The molecular weight excluding hydrogens is 286 g/mol. The molecule has 21 heavy (non-hydrogen) atoms. The van der Waals surface area contributed by atoms with Crippen LogP contribution >= 0.6 is 0 Å². The lowest BCUT2D eigenvalue weighted by atomic mass is 10.2. The van der Waals surface area contributed by atoms with E-state index >= 15 is 0 Å². The fourth-order valence-electron chi connectivity index (χ4n) is 2.08. The van der Waals surface area contributed by atoms with E-state index in [1.807, 2.05) is 37.1 Å². The van der Waals surface area contributed by atoms with Gasteiger partial charge in [-0.15, -0.1) is 0 Å². The maximum absolute atomic E-state index is 11.8. The molecule has 2 aromatic carbocycles. The van der Waals surface area contributed by atoms with E-state index in [1.165, 1.54) is 13.1 Å². The quantitative estimate of drug-likeness (QED) is 0.850. The van der Waals surface area contributed by atoms with Crippen LogP contribution in [-0.4, -0.2) is 22.5 Å². The molecule has 0 aliphatic heterocycles. The molecule has 0 saturated heterocycles. The van der Waals surface area contributed by atoms with Crippen LogP contribution < -0.4 is 15.4 Å². The van der Waals surface area contributed by atoms with Gasteiger partial charge in [-0.25, -0.2) is 13.1 Å². The third kappa shape index (κ3) is 3.17. The Kier molecular flexibility index (Phi) is 4.20. The Morgan fingerprint density at radius 1 is 1.10 bits per heavy atom. The van der Waals surface area contributed by atoms with E-state index in [9.17, 15) is 8.42 Å². The number of nitrogens with two attached hydrogens (primary N) is 1. The molecule has 6 heteroatoms. The summed E-state index contributed by atoms with van der Waals surface area (Å²) < 4.78 is 25.9. The molecule has 0 aromatic heterocycles. The van der Waals surface area contributed by atoms with Crippen molar-refractivity contribution in [1.29, 1.82) is 0 Å². The van der Waals surface area contributed by atoms with E-state index in [2.05, 4.69) is 10.8 Å². The number of benzene rings is 2. The zero-order valence-corrected chi connectivity index (χ0v) is 13.1. The molecule has 5 nitrogen and oxygen atoms in total. The average Bonchev–Trinajstić information content (AvgIpc) is 2.46. The largest absolute Gasteiger partial charge is 0.398 e. The van der Waals surface area contributed by atoms with Gasteiger partial charge in [0.1, 0.15) is 4.90 Å². The monoisotopic (exact) mass is 305 g/mol. The van der Waals surface area contributed by atoms with Crippen molar-refractivity contribution < 1.29 is 8.42 Å². The SMILES string of the molecule is CNS(=O)(=O)c1ccc(N(C)c2cccc(C)c2)cc1N. The van der Waals surface area contributed by atoms with E-state index in [1.54, 1.807) is 12.1 Å². The van der Waals surface area contributed by atoms with Gasteiger partial charge in [0.15, 0.2) is 0 Å². The van der Waals surface area contributed by atoms with Gasteiger partial charge in [0.25, 0.3) is 0 Å². The zero-order chi connectivity index (χ0) is 15.6. The van der Waals surface area contributed by atoms with E-state index in [0.717, 1.165) is 16.9 Å². The van der Waals surface area contributed by atoms with Crippen molar-refractivity contribution in [2.75, 3.05) is 24.7 Å². The number of anilines is 3. The van der Waals surface area contributed by atoms with Crippen molar-refractivity contribution in [2.45, 2.75) is 11.8 Å². The Balaban J connectivity index is 2.41. The third-order valence-corrected chi connectivity index (χ3v) is 4.82. The van der Waals surface area contributed by atoms with Gasteiger partial charge >= 0.3 is 0 Å². The maximum Gasteiger partial charge on any atom is 0.242 e. The molecule has 0 radical (unpaired) electrons. The van der Waals surface area contributed by atoms with Crippen molar-refractivity contribution in [3.8, 4) is 0 Å². The molecule has 0 saturated carbocycles. The first-order valence-electron chi connectivity index (χ1n) is 6.48. The average molecular weight is 305 g/mol. The van der Waals surface area contributed by atoms with Crippen LogP contribution in [0.1, 0.15) is 5.56 Å². The highest BCUT2D eigenvalue weighted by atomic mass is 32.2. The number of aryl methyl sites for hydroxylation is 1. The summed E-state index contributed by atoms with van der Waals surface area (Å²) in [6.07, 6.45) is 0. The zero-order valence-electron chi connectivity index (χ0n) is 12.3. The first-order chi connectivity index (χ1) is 9.85. The minimum Gasteiger partial charge on any atom is -0.398 e. The number of nitrogens with zero attached hydrogens (tertiary/aromatic N) is 1. The number of nitrogen functional groups attached to an aromatic ring is 1. The van der Waals surface area contributed by atoms with Gasteiger partial charge in [0, 0.05) is 18.4 Å². The molecule has 0 atom stereocenters. The van der Waals surface area contributed by atoms with Gasteiger partial charge in [-0.3, -0.25) is 0 Å². The summed E-state index contributed by atoms with van der Waals surface area (Å²) in [7, 11) is -0.261. The number of hydrogen-bond donors (Lipinski definition) is 2. The first kappa shape index (κ1) is 15.3. The van der Waals surface area contributed by atoms with E-state index in [-0.39, 0.29) is 10.6 Å². The molecule has 0 spiro atoms. The Morgan fingerprint density at radius 3 is 2.33 bits per heavy atom. The Morgan fingerprint density at radius 2 is 1.76 bits per heavy atom. The summed E-state index contributed by atoms with van der Waals surface area (Å²) in [5.74, 6) is 0. The van der Waals surface area contributed by atoms with Gasteiger partial charge < -0.3 is 10.6 Å². The second-order valence-corrected chi connectivity index (χ2v) is 6.68. The number of nitrogens with one attached hydrogen (secondary N) is 1. The highest BCUT2D eigenvalue weighted by Crippen LogP contribution is 2.29. The fourth-order valence-corrected chi connectivity index (χ4v) is 2.92. The third-order valence-electron chi connectivity index (χ3n) is 3.33. The normalized spacial score (nSPS) is 11.4. The summed E-state index contributed by atoms with van der Waals surface area (Å²) >= 11 is 0. The molecule has 112 valence electrons. The van der Waals surface area contributed by atoms with Crippen molar-refractivity contribution in [3.05, 3.63) is 48.0 Å². The predicted octanol–water partition coefficient (Wildman–Crippen LogP) is 2.25. The van der Waals surface area contributed by atoms with Crippen LogP contribution in [0.5, 0.6) is 0 Å². The number of rotatable bonds is 4. The van der Waals surface area contributed by atoms with Crippen molar-refractivity contribution in [1.82, 2.24) is 4.72 Å². The molecule has 0 bridgehead atoms. The fraction of sp³-hybridized carbons (Fsp3) is 0.200. The van der Waals surface area contributed by atoms with Crippen LogP contribution in [0.15, 0.2) is 47.4 Å². The van der Waals surface area contributed by atoms with E-state index in [4.69, 9.17) is 5.73 Å². The lowest BCUT2D eigenvalue weighted by molar-refractivity contribution is 0.588. The summed E-state index contributed by atoms with van der Waals surface area (Å²) in [6.45, 7) is 2.02. The van der Waals surface area contributed by atoms with Gasteiger partial charge in [-0.05, 0) is 49.9 Å². The van der Waals surface area contributed by atoms with Gasteiger partial charge in [0.2, 0.25) is 10.0 Å². The molecule has 0 aliphatic rings. The summed E-state index contributed by atoms with van der Waals surface area (Å²) in [6, 6.07) is 13.0. The van der Waals surface area contributed by atoms with Gasteiger partial charge in [0.05, 0.1) is 5.69 Å². The van der Waals surface area contributed by atoms with Gasteiger partial charge in [-0.1, -0.05) is 12.1 Å². The van der Waals surface area contributed by atoms with Crippen LogP contribution in [0.25, 0.3) is 0 Å². The minimum absolute atomic E-state index is 0.0893. The first-order valence-corrected chi connectivity index (χ1v) is 7.97. The molecule has 0 aliphatic carbocycles. The molecule has 2 rings (SSSR count). The summed E-state index contributed by atoms with van der Waals surface area (Å²) in [5.41, 5.74) is 9.10. The van der Waals surface area contributed by atoms with Crippen LogP contribution in [0, 0.1) is 6.92 Å². The molecular formula is C15H19N3O2S. The van der Waals surface area contributed by atoms with Crippen molar-refractivity contribution in [3.63, 3.8) is 0 Å². The maximum atomic E-state index is 11.8. The van der Waals surface area contributed by atoms with Crippen molar-refractivity contribution in [2.24, 2.45) is 0 Å². The molecule has 3 N–H and O–H groups in total. The van der Waals surface area contributed by atoms with Crippen LogP contribution in [0.4, 0.5) is 17.1 Å². The Hall–Kier alpha value is -2.05. The summed E-state index contributed by atoms with van der Waals surface area (Å²) in [5, 5.41) is 0. The molecule has 0 fully saturated rings. The van der Waals surface area contributed by atoms with E-state index < -0.39 is 10.0 Å². The molecule has 0 heterocycles. The van der Waals surface area contributed by atoms with Crippen LogP contribution in [-0.2, 0) is 10.0 Å². The standard InChI is InChI=1S/C15H19N3O2S/c1-11-5-4-6-12(9-11)18(3)13-7-8-15(14(16)10-13)21(19,20)17-2/h4-10,17H,16H2,1-3H3. The second-order valence-electron chi connectivity index (χ2n) is 4.83. The minimum atomic E-state index is -3.54. The van der Waals surface area contributed by atoms with Crippen LogP contribution in [0.2, 0.25) is 0 Å². The lowest BCUT2D eigenvalue weighted by Crippen LogP contribution is -2.20. The second kappa shape index (κ2) is 5.75. The molecule has 2 aromatic rings. The van der Waals surface area contributed by atoms with E-state index in [0.29, 0.717) is 0 Å². The highest BCUT2D eigenvalue weighted by Gasteiger charge is 2.16. The molecule has 0 amide bonds. The summed E-state index contributed by atoms with van der Waals surface area (Å²) in [4.78, 5) is 2.05. The topological polar surface area (TPSA) is 75.4 Å². The smallest absolute Gasteiger partial charge is 0.242 e. The Bertz CT molecular complexity index is 757.